The third-order valence-corrected chi connectivity index (χ3v) is 6.61. The quantitative estimate of drug-likeness (QED) is 0.581. The lowest BCUT2D eigenvalue weighted by Gasteiger charge is -2.46. The van der Waals surface area contributed by atoms with Crippen molar-refractivity contribution in [2.75, 3.05) is 6.54 Å². The topological polar surface area (TPSA) is 90.6 Å². The van der Waals surface area contributed by atoms with Crippen LogP contribution in [-0.4, -0.2) is 24.8 Å². The molecule has 0 saturated heterocycles. The van der Waals surface area contributed by atoms with E-state index in [-0.39, 0.29) is 22.3 Å². The van der Waals surface area contributed by atoms with Gasteiger partial charge in [-0.05, 0) is 41.7 Å². The Labute approximate surface area is 196 Å². The van der Waals surface area contributed by atoms with Crippen LogP contribution in [0.2, 0.25) is 0 Å². The maximum Gasteiger partial charge on any atom is 0.412 e. The first-order valence-electron chi connectivity index (χ1n) is 11.5. The predicted molar refractivity (Wildman–Crippen MR) is 129 cm³/mol. The van der Waals surface area contributed by atoms with E-state index in [4.69, 9.17) is 15.2 Å². The summed E-state index contributed by atoms with van der Waals surface area (Å²) < 4.78 is 11.1. The van der Waals surface area contributed by atoms with Gasteiger partial charge in [-0.2, -0.15) is 0 Å². The number of rotatable bonds is 6. The number of nitrogens with one attached hydrogen (secondary N) is 1. The first kappa shape index (κ1) is 24.6. The number of ether oxygens (including phenoxy) is 2. The van der Waals surface area contributed by atoms with Gasteiger partial charge in [-0.15, -0.1) is 0 Å². The van der Waals surface area contributed by atoms with Crippen LogP contribution in [0.4, 0.5) is 9.59 Å². The van der Waals surface area contributed by atoms with E-state index in [1.54, 1.807) is 0 Å². The number of nitrogens with two attached hydrogens (primary N) is 1. The lowest BCUT2D eigenvalue weighted by atomic mass is 9.63. The van der Waals surface area contributed by atoms with Crippen LogP contribution in [0.25, 0.3) is 0 Å². The molecule has 1 saturated carbocycles. The Bertz CT molecular complexity index is 987. The highest BCUT2D eigenvalue weighted by Crippen LogP contribution is 2.46. The van der Waals surface area contributed by atoms with E-state index in [0.29, 0.717) is 18.7 Å². The molecule has 2 amide bonds. The van der Waals surface area contributed by atoms with Crippen molar-refractivity contribution in [1.29, 1.82) is 0 Å². The van der Waals surface area contributed by atoms with Gasteiger partial charge >= 0.3 is 12.2 Å². The Kier molecular flexibility index (Phi) is 7.06. The second-order valence-corrected chi connectivity index (χ2v) is 10.8. The monoisotopic (exact) mass is 452 g/mol. The summed E-state index contributed by atoms with van der Waals surface area (Å²) >= 11 is 0. The van der Waals surface area contributed by atoms with Crippen LogP contribution in [0.1, 0.15) is 65.0 Å². The summed E-state index contributed by atoms with van der Waals surface area (Å²) in [7, 11) is 0. The molecule has 2 aromatic carbocycles. The summed E-state index contributed by atoms with van der Waals surface area (Å²) in [5.41, 5.74) is 6.70. The highest BCUT2D eigenvalue weighted by Gasteiger charge is 2.43. The van der Waals surface area contributed by atoms with Crippen LogP contribution in [-0.2, 0) is 10.2 Å². The third kappa shape index (κ3) is 6.28. The Morgan fingerprint density at radius 2 is 1.67 bits per heavy atom. The number of hydrogen-bond donors (Lipinski definition) is 2. The van der Waals surface area contributed by atoms with Crippen LogP contribution < -0.4 is 15.8 Å². The molecule has 1 aliphatic carbocycles. The van der Waals surface area contributed by atoms with Crippen molar-refractivity contribution in [3.05, 3.63) is 65.7 Å². The van der Waals surface area contributed by atoms with E-state index in [9.17, 15) is 9.59 Å². The second-order valence-electron chi connectivity index (χ2n) is 10.8. The van der Waals surface area contributed by atoms with E-state index in [0.717, 1.165) is 24.0 Å². The van der Waals surface area contributed by atoms with Gasteiger partial charge < -0.3 is 20.5 Å². The molecule has 0 aromatic heterocycles. The molecule has 2 unspecified atom stereocenters. The van der Waals surface area contributed by atoms with Crippen LogP contribution >= 0.6 is 0 Å². The molecule has 0 aliphatic heterocycles. The summed E-state index contributed by atoms with van der Waals surface area (Å²) in [5.74, 6) is 0.535. The lowest BCUT2D eigenvalue weighted by molar-refractivity contribution is -0.0163. The Hall–Kier alpha value is -3.02. The highest BCUT2D eigenvalue weighted by atomic mass is 16.6. The Morgan fingerprint density at radius 3 is 2.33 bits per heavy atom. The number of benzene rings is 2. The molecule has 6 nitrogen and oxygen atoms in total. The highest BCUT2D eigenvalue weighted by molar-refractivity contribution is 5.71. The van der Waals surface area contributed by atoms with Gasteiger partial charge in [-0.1, -0.05) is 83.1 Å². The summed E-state index contributed by atoms with van der Waals surface area (Å²) in [5, 5.41) is 2.94. The fraction of sp³-hybridized carbons (Fsp3) is 0.481. The molecular weight excluding hydrogens is 416 g/mol. The molecule has 6 heteroatoms. The molecule has 2 aromatic rings. The third-order valence-electron chi connectivity index (χ3n) is 6.61. The van der Waals surface area contributed by atoms with E-state index >= 15 is 0 Å². The Morgan fingerprint density at radius 1 is 1.03 bits per heavy atom. The minimum atomic E-state index is -0.759. The molecule has 1 aliphatic rings. The van der Waals surface area contributed by atoms with Crippen molar-refractivity contribution >= 4 is 12.2 Å². The molecule has 0 heterocycles. The van der Waals surface area contributed by atoms with Crippen molar-refractivity contribution in [3.8, 4) is 5.75 Å². The van der Waals surface area contributed by atoms with Gasteiger partial charge in [0.05, 0.1) is 0 Å². The first-order chi connectivity index (χ1) is 15.4. The number of carbonyl (C=O) groups is 2. The molecule has 3 N–H and O–H groups in total. The SMILES string of the molecule is CC1(C)CC(OC(N)=O)CC(C)(CNC(=O)Oc2ccccc2C(C)(C)c2ccccc2)C1. The van der Waals surface area contributed by atoms with E-state index in [2.05, 4.69) is 52.1 Å². The fourth-order valence-corrected chi connectivity index (χ4v) is 5.42. The van der Waals surface area contributed by atoms with E-state index < -0.39 is 12.2 Å². The average Bonchev–Trinajstić information content (AvgIpc) is 2.71. The average molecular weight is 453 g/mol. The van der Waals surface area contributed by atoms with Crippen LogP contribution in [0, 0.1) is 10.8 Å². The number of carbonyl (C=O) groups excluding carboxylic acids is 2. The molecule has 0 spiro atoms. The zero-order chi connectivity index (χ0) is 24.3. The molecule has 1 fully saturated rings. The molecule has 0 radical (unpaired) electrons. The second kappa shape index (κ2) is 9.46. The van der Waals surface area contributed by atoms with Gasteiger partial charge in [0.15, 0.2) is 0 Å². The largest absolute Gasteiger partial charge is 0.446 e. The maximum absolute atomic E-state index is 12.8. The normalized spacial score (nSPS) is 22.3. The number of amides is 2. The van der Waals surface area contributed by atoms with Gasteiger partial charge in [-0.25, -0.2) is 9.59 Å². The Balaban J connectivity index is 1.70. The minimum absolute atomic E-state index is 0.0367. The molecule has 178 valence electrons. The van der Waals surface area contributed by atoms with Gasteiger partial charge in [0.25, 0.3) is 0 Å². The lowest BCUT2D eigenvalue weighted by Crippen LogP contribution is -2.47. The summed E-state index contributed by atoms with van der Waals surface area (Å²) in [4.78, 5) is 24.1. The van der Waals surface area contributed by atoms with Gasteiger partial charge in [-0.3, -0.25) is 0 Å². The number of hydrogen-bond acceptors (Lipinski definition) is 4. The number of primary amides is 1. The first-order valence-corrected chi connectivity index (χ1v) is 11.5. The smallest absolute Gasteiger partial charge is 0.412 e. The van der Waals surface area contributed by atoms with E-state index in [1.807, 2.05) is 42.5 Å². The van der Waals surface area contributed by atoms with Gasteiger partial charge in [0, 0.05) is 17.5 Å². The maximum atomic E-state index is 12.8. The van der Waals surface area contributed by atoms with Crippen LogP contribution in [0.15, 0.2) is 54.6 Å². The number of para-hydroxylation sites is 1. The minimum Gasteiger partial charge on any atom is -0.446 e. The predicted octanol–water partition coefficient (Wildman–Crippen LogP) is 5.78. The summed E-state index contributed by atoms with van der Waals surface area (Å²) in [6.45, 7) is 11.0. The van der Waals surface area contributed by atoms with E-state index in [1.165, 1.54) is 0 Å². The standard InChI is InChI=1S/C27H36N2O4/c1-25(2)15-20(32-23(28)30)16-27(5,17-25)18-29-24(31)33-22-14-10-9-13-21(22)26(3,4)19-11-7-6-8-12-19/h6-14,20H,15-18H2,1-5H3,(H2,28,30)(H,29,31). The molecule has 33 heavy (non-hydrogen) atoms. The fourth-order valence-electron chi connectivity index (χ4n) is 5.42. The van der Waals surface area contributed by atoms with Crippen LogP contribution in [0.3, 0.4) is 0 Å². The summed E-state index contributed by atoms with van der Waals surface area (Å²) in [6.07, 6.45) is 0.751. The van der Waals surface area contributed by atoms with Crippen molar-refractivity contribution < 1.29 is 19.1 Å². The molecule has 0 bridgehead atoms. The van der Waals surface area contributed by atoms with Crippen molar-refractivity contribution in [2.24, 2.45) is 16.6 Å². The van der Waals surface area contributed by atoms with Crippen molar-refractivity contribution in [1.82, 2.24) is 5.32 Å². The van der Waals surface area contributed by atoms with Crippen molar-refractivity contribution in [2.45, 2.75) is 65.4 Å². The molecular formula is C27H36N2O4. The van der Waals surface area contributed by atoms with Crippen molar-refractivity contribution in [3.63, 3.8) is 0 Å². The molecule has 2 atom stereocenters. The summed E-state index contributed by atoms with van der Waals surface area (Å²) in [6, 6.07) is 17.8. The van der Waals surface area contributed by atoms with Gasteiger partial charge in [0.1, 0.15) is 11.9 Å². The van der Waals surface area contributed by atoms with Crippen LogP contribution in [0.5, 0.6) is 5.75 Å². The zero-order valence-electron chi connectivity index (χ0n) is 20.3. The zero-order valence-corrected chi connectivity index (χ0v) is 20.3. The van der Waals surface area contributed by atoms with Gasteiger partial charge in [0.2, 0.25) is 0 Å². The molecule has 3 rings (SSSR count).